The maximum absolute atomic E-state index is 12.6. The van der Waals surface area contributed by atoms with Crippen LogP contribution in [0.15, 0.2) is 72.8 Å². The van der Waals surface area contributed by atoms with Crippen molar-refractivity contribution in [2.45, 2.75) is 20.8 Å². The summed E-state index contributed by atoms with van der Waals surface area (Å²) in [6.07, 6.45) is 0. The van der Waals surface area contributed by atoms with Gasteiger partial charge in [-0.2, -0.15) is 4.98 Å². The average molecular weight is 457 g/mol. The second-order valence-electron chi connectivity index (χ2n) is 8.38. The summed E-state index contributed by atoms with van der Waals surface area (Å²) in [5.41, 5.74) is 4.11. The monoisotopic (exact) mass is 456 g/mol. The van der Waals surface area contributed by atoms with Crippen LogP contribution in [-0.2, 0) is 0 Å². The lowest BCUT2D eigenvalue weighted by Gasteiger charge is -2.10. The number of hydrogen-bond acceptors (Lipinski definition) is 5. The molecule has 0 aliphatic rings. The molecule has 0 aliphatic heterocycles. The second-order valence-corrected chi connectivity index (χ2v) is 8.38. The van der Waals surface area contributed by atoms with Crippen LogP contribution in [0.4, 0.5) is 5.69 Å². The zero-order valence-corrected chi connectivity index (χ0v) is 19.8. The van der Waals surface area contributed by atoms with Gasteiger partial charge in [0.2, 0.25) is 0 Å². The minimum atomic E-state index is -0.193. The molecule has 0 fully saturated rings. The van der Waals surface area contributed by atoms with Gasteiger partial charge >= 0.3 is 6.01 Å². The average Bonchev–Trinajstić information content (AvgIpc) is 3.27. The van der Waals surface area contributed by atoms with Gasteiger partial charge in [0, 0.05) is 16.8 Å². The van der Waals surface area contributed by atoms with Crippen LogP contribution in [0.25, 0.3) is 17.1 Å². The van der Waals surface area contributed by atoms with Gasteiger partial charge in [0.05, 0.1) is 19.4 Å². The number of rotatable bonds is 8. The van der Waals surface area contributed by atoms with Gasteiger partial charge in [-0.1, -0.05) is 38.1 Å². The number of anilines is 1. The summed E-state index contributed by atoms with van der Waals surface area (Å²) in [6, 6.07) is 22.8. The number of benzene rings is 3. The minimum Gasteiger partial charge on any atom is -0.497 e. The lowest BCUT2D eigenvalue weighted by atomic mass is 10.1. The number of ether oxygens (including phenoxy) is 2. The number of carbonyl (C=O) groups is 1. The van der Waals surface area contributed by atoms with Crippen LogP contribution in [0.2, 0.25) is 0 Å². The van der Waals surface area contributed by atoms with E-state index in [2.05, 4.69) is 29.2 Å². The van der Waals surface area contributed by atoms with E-state index in [9.17, 15) is 4.79 Å². The molecule has 7 nitrogen and oxygen atoms in total. The number of nitrogens with one attached hydrogen (secondary N) is 1. The van der Waals surface area contributed by atoms with Crippen molar-refractivity contribution in [2.75, 3.05) is 19.0 Å². The fourth-order valence-electron chi connectivity index (χ4n) is 3.41. The molecule has 34 heavy (non-hydrogen) atoms. The van der Waals surface area contributed by atoms with Crippen LogP contribution in [0.5, 0.6) is 11.8 Å². The Bertz CT molecular complexity index is 1260. The van der Waals surface area contributed by atoms with E-state index in [1.807, 2.05) is 55.5 Å². The molecule has 1 heterocycles. The molecule has 174 valence electrons. The van der Waals surface area contributed by atoms with Gasteiger partial charge < -0.3 is 14.8 Å². The maximum Gasteiger partial charge on any atom is 0.336 e. The number of methoxy groups -OCH3 is 1. The number of aryl methyl sites for hydroxylation is 1. The first kappa shape index (κ1) is 23.0. The largest absolute Gasteiger partial charge is 0.497 e. The standard InChI is InChI=1S/C27H28N4O3/c1-18(2)17-34-27-29-25(24-8-6-5-7-19(24)3)31(30-27)22-13-11-21(12-14-22)28-26(32)20-9-15-23(33-4)16-10-20/h5-16,18H,17H2,1-4H3,(H,28,32). The fraction of sp³-hybridized carbons (Fsp3) is 0.222. The van der Waals surface area contributed by atoms with Crippen LogP contribution < -0.4 is 14.8 Å². The molecule has 3 aromatic carbocycles. The Morgan fingerprint density at radius 1 is 1.00 bits per heavy atom. The van der Waals surface area contributed by atoms with Crippen molar-refractivity contribution >= 4 is 11.6 Å². The third kappa shape index (κ3) is 5.26. The van der Waals surface area contributed by atoms with Crippen molar-refractivity contribution in [3.8, 4) is 28.8 Å². The SMILES string of the molecule is COc1ccc(C(=O)Nc2ccc(-n3nc(OCC(C)C)nc3-c3ccccc3C)cc2)cc1. The van der Waals surface area contributed by atoms with E-state index in [1.165, 1.54) is 0 Å². The molecule has 0 saturated carbocycles. The molecule has 0 saturated heterocycles. The molecule has 0 atom stereocenters. The highest BCUT2D eigenvalue weighted by atomic mass is 16.5. The van der Waals surface area contributed by atoms with E-state index >= 15 is 0 Å². The molecule has 1 amide bonds. The first-order chi connectivity index (χ1) is 16.4. The van der Waals surface area contributed by atoms with Crippen molar-refractivity contribution in [2.24, 2.45) is 5.92 Å². The normalized spacial score (nSPS) is 10.9. The zero-order chi connectivity index (χ0) is 24.1. The third-order valence-corrected chi connectivity index (χ3v) is 5.24. The summed E-state index contributed by atoms with van der Waals surface area (Å²) in [7, 11) is 1.59. The van der Waals surface area contributed by atoms with Gasteiger partial charge in [0.25, 0.3) is 5.91 Å². The molecule has 7 heteroatoms. The minimum absolute atomic E-state index is 0.193. The lowest BCUT2D eigenvalue weighted by molar-refractivity contribution is 0.102. The van der Waals surface area contributed by atoms with Crippen molar-refractivity contribution < 1.29 is 14.3 Å². The Balaban J connectivity index is 1.59. The highest BCUT2D eigenvalue weighted by Crippen LogP contribution is 2.27. The van der Waals surface area contributed by atoms with E-state index in [-0.39, 0.29) is 5.91 Å². The molecule has 0 aliphatic carbocycles. The highest BCUT2D eigenvalue weighted by molar-refractivity contribution is 6.04. The number of nitrogens with zero attached hydrogens (tertiary/aromatic N) is 3. The predicted octanol–water partition coefficient (Wildman–Crippen LogP) is 5.54. The first-order valence-corrected chi connectivity index (χ1v) is 11.2. The molecular formula is C27H28N4O3. The van der Waals surface area contributed by atoms with E-state index in [1.54, 1.807) is 36.1 Å². The topological polar surface area (TPSA) is 78.3 Å². The van der Waals surface area contributed by atoms with Gasteiger partial charge in [-0.3, -0.25) is 4.79 Å². The maximum atomic E-state index is 12.6. The van der Waals surface area contributed by atoms with E-state index in [0.29, 0.717) is 41.4 Å². The fourth-order valence-corrected chi connectivity index (χ4v) is 3.41. The van der Waals surface area contributed by atoms with Gasteiger partial charge in [-0.15, -0.1) is 5.10 Å². The Labute approximate surface area is 199 Å². The van der Waals surface area contributed by atoms with Crippen molar-refractivity contribution in [1.82, 2.24) is 14.8 Å². The molecule has 1 N–H and O–H groups in total. The van der Waals surface area contributed by atoms with Crippen molar-refractivity contribution in [3.63, 3.8) is 0 Å². The van der Waals surface area contributed by atoms with Gasteiger partial charge in [0.1, 0.15) is 5.75 Å². The summed E-state index contributed by atoms with van der Waals surface area (Å²) >= 11 is 0. The van der Waals surface area contributed by atoms with Crippen LogP contribution >= 0.6 is 0 Å². The predicted molar refractivity (Wildman–Crippen MR) is 133 cm³/mol. The quantitative estimate of drug-likeness (QED) is 0.377. The number of hydrogen-bond donors (Lipinski definition) is 1. The summed E-state index contributed by atoms with van der Waals surface area (Å²) in [4.78, 5) is 17.2. The van der Waals surface area contributed by atoms with E-state index < -0.39 is 0 Å². The van der Waals surface area contributed by atoms with Gasteiger partial charge in [-0.05, 0) is 66.9 Å². The molecule has 4 rings (SSSR count). The van der Waals surface area contributed by atoms with Crippen LogP contribution in [-0.4, -0.2) is 34.4 Å². The highest BCUT2D eigenvalue weighted by Gasteiger charge is 2.17. The Morgan fingerprint density at radius 3 is 2.35 bits per heavy atom. The van der Waals surface area contributed by atoms with Crippen LogP contribution in [0, 0.1) is 12.8 Å². The summed E-state index contributed by atoms with van der Waals surface area (Å²) in [5.74, 6) is 1.57. The Morgan fingerprint density at radius 2 is 1.71 bits per heavy atom. The first-order valence-electron chi connectivity index (χ1n) is 11.2. The molecule has 0 radical (unpaired) electrons. The lowest BCUT2D eigenvalue weighted by Crippen LogP contribution is -2.11. The zero-order valence-electron chi connectivity index (χ0n) is 19.8. The Hall–Kier alpha value is -4.13. The molecule has 0 bridgehead atoms. The van der Waals surface area contributed by atoms with Gasteiger partial charge in [-0.25, -0.2) is 4.68 Å². The van der Waals surface area contributed by atoms with E-state index in [4.69, 9.17) is 9.47 Å². The summed E-state index contributed by atoms with van der Waals surface area (Å²) in [6.45, 7) is 6.74. The Kier molecular flexibility index (Phi) is 6.92. The van der Waals surface area contributed by atoms with Gasteiger partial charge in [0.15, 0.2) is 5.82 Å². The summed E-state index contributed by atoms with van der Waals surface area (Å²) < 4.78 is 12.7. The molecule has 0 spiro atoms. The van der Waals surface area contributed by atoms with Crippen LogP contribution in [0.3, 0.4) is 0 Å². The summed E-state index contributed by atoms with van der Waals surface area (Å²) in [5, 5.41) is 7.53. The van der Waals surface area contributed by atoms with Crippen molar-refractivity contribution in [1.29, 1.82) is 0 Å². The number of carbonyl (C=O) groups excluding carboxylic acids is 1. The molecular weight excluding hydrogens is 428 g/mol. The van der Waals surface area contributed by atoms with Crippen LogP contribution in [0.1, 0.15) is 29.8 Å². The van der Waals surface area contributed by atoms with E-state index in [0.717, 1.165) is 16.8 Å². The third-order valence-electron chi connectivity index (χ3n) is 5.24. The number of aromatic nitrogens is 3. The molecule has 4 aromatic rings. The van der Waals surface area contributed by atoms with Crippen molar-refractivity contribution in [3.05, 3.63) is 83.9 Å². The molecule has 1 aromatic heterocycles. The second kappa shape index (κ2) is 10.2. The smallest absolute Gasteiger partial charge is 0.336 e. The number of amides is 1. The molecule has 0 unspecified atom stereocenters.